The third kappa shape index (κ3) is 3.74. The van der Waals surface area contributed by atoms with E-state index in [-0.39, 0.29) is 17.6 Å². The molecule has 0 spiro atoms. The zero-order valence-electron chi connectivity index (χ0n) is 15.8. The van der Waals surface area contributed by atoms with Crippen molar-refractivity contribution in [2.24, 2.45) is 0 Å². The van der Waals surface area contributed by atoms with Gasteiger partial charge in [0.25, 0.3) is 0 Å². The van der Waals surface area contributed by atoms with Crippen LogP contribution in [-0.4, -0.2) is 67.0 Å². The first-order chi connectivity index (χ1) is 14.0. The van der Waals surface area contributed by atoms with Crippen LogP contribution in [-0.2, 0) is 9.84 Å². The van der Waals surface area contributed by atoms with Crippen LogP contribution >= 0.6 is 11.3 Å². The third-order valence-electron chi connectivity index (χ3n) is 5.76. The van der Waals surface area contributed by atoms with Crippen molar-refractivity contribution in [2.75, 3.05) is 42.6 Å². The van der Waals surface area contributed by atoms with Gasteiger partial charge in [0.15, 0.2) is 9.84 Å². The lowest BCUT2D eigenvalue weighted by molar-refractivity contribution is 0.200. The summed E-state index contributed by atoms with van der Waals surface area (Å²) in [7, 11) is -2.86. The molecule has 5 rings (SSSR count). The molecule has 2 fully saturated rings. The van der Waals surface area contributed by atoms with Crippen LogP contribution in [0, 0.1) is 5.82 Å². The molecule has 152 valence electrons. The highest BCUT2D eigenvalue weighted by Crippen LogP contribution is 2.37. The summed E-state index contributed by atoms with van der Waals surface area (Å²) in [4.78, 5) is 14.6. The van der Waals surface area contributed by atoms with Gasteiger partial charge in [-0.2, -0.15) is 0 Å². The fraction of sp³-hybridized carbons (Fsp3) is 0.400. The molecule has 0 bridgehead atoms. The Bertz CT molecular complexity index is 1140. The van der Waals surface area contributed by atoms with E-state index < -0.39 is 9.84 Å². The van der Waals surface area contributed by atoms with Gasteiger partial charge in [-0.25, -0.2) is 22.8 Å². The molecular formula is C20H21FN4O2S2. The summed E-state index contributed by atoms with van der Waals surface area (Å²) in [5.41, 5.74) is 1.86. The van der Waals surface area contributed by atoms with Gasteiger partial charge >= 0.3 is 0 Å². The lowest BCUT2D eigenvalue weighted by atomic mass is 10.2. The first-order valence-electron chi connectivity index (χ1n) is 9.68. The molecule has 1 aromatic carbocycles. The Morgan fingerprint density at radius 1 is 1.07 bits per heavy atom. The van der Waals surface area contributed by atoms with Gasteiger partial charge in [0.05, 0.1) is 21.7 Å². The SMILES string of the molecule is O=S1(=O)CC[C@@H](N2CCN(c3ncnc4cc(-c5ccc(F)cc5)sc34)CC2)C1. The normalized spacial score (nSPS) is 22.4. The molecule has 2 saturated heterocycles. The van der Waals surface area contributed by atoms with Crippen LogP contribution < -0.4 is 4.90 Å². The highest BCUT2D eigenvalue weighted by Gasteiger charge is 2.34. The number of anilines is 1. The number of benzene rings is 1. The van der Waals surface area contributed by atoms with Crippen molar-refractivity contribution in [1.82, 2.24) is 14.9 Å². The van der Waals surface area contributed by atoms with Gasteiger partial charge in [-0.3, -0.25) is 4.90 Å². The van der Waals surface area contributed by atoms with Crippen LogP contribution in [0.25, 0.3) is 20.7 Å². The Hall–Kier alpha value is -2.10. The summed E-state index contributed by atoms with van der Waals surface area (Å²) in [5.74, 6) is 1.28. The van der Waals surface area contributed by atoms with Crippen LogP contribution in [0.3, 0.4) is 0 Å². The number of nitrogens with zero attached hydrogens (tertiary/aromatic N) is 4. The molecule has 29 heavy (non-hydrogen) atoms. The average molecular weight is 433 g/mol. The molecule has 2 aliphatic rings. The second-order valence-electron chi connectivity index (χ2n) is 7.61. The number of rotatable bonds is 3. The number of piperazine rings is 1. The minimum absolute atomic E-state index is 0.152. The molecule has 0 aliphatic carbocycles. The van der Waals surface area contributed by atoms with E-state index in [0.29, 0.717) is 5.75 Å². The molecule has 4 heterocycles. The summed E-state index contributed by atoms with van der Waals surface area (Å²) >= 11 is 1.62. The predicted octanol–water partition coefficient (Wildman–Crippen LogP) is 2.81. The molecule has 0 unspecified atom stereocenters. The molecule has 6 nitrogen and oxygen atoms in total. The number of hydrogen-bond donors (Lipinski definition) is 0. The van der Waals surface area contributed by atoms with E-state index in [4.69, 9.17) is 0 Å². The number of sulfone groups is 1. The quantitative estimate of drug-likeness (QED) is 0.634. The highest BCUT2D eigenvalue weighted by molar-refractivity contribution is 7.91. The van der Waals surface area contributed by atoms with Crippen molar-refractivity contribution in [3.05, 3.63) is 42.5 Å². The molecule has 3 aromatic rings. The van der Waals surface area contributed by atoms with Gasteiger partial charge in [-0.15, -0.1) is 11.3 Å². The monoisotopic (exact) mass is 432 g/mol. The van der Waals surface area contributed by atoms with Gasteiger partial charge in [0.1, 0.15) is 18.0 Å². The van der Waals surface area contributed by atoms with Crippen LogP contribution in [0.1, 0.15) is 6.42 Å². The number of hydrogen-bond acceptors (Lipinski definition) is 7. The van der Waals surface area contributed by atoms with Crippen LogP contribution in [0.2, 0.25) is 0 Å². The van der Waals surface area contributed by atoms with Gasteiger partial charge in [-0.1, -0.05) is 12.1 Å². The lowest BCUT2D eigenvalue weighted by Gasteiger charge is -2.38. The molecule has 1 atom stereocenters. The zero-order chi connectivity index (χ0) is 20.0. The van der Waals surface area contributed by atoms with E-state index in [0.717, 1.165) is 59.1 Å². The Balaban J connectivity index is 1.36. The number of thiophene rings is 1. The summed E-state index contributed by atoms with van der Waals surface area (Å²) < 4.78 is 37.8. The predicted molar refractivity (Wildman–Crippen MR) is 114 cm³/mol. The standard InChI is InChI=1S/C20H21FN4O2S2/c21-15-3-1-14(2-4-15)18-11-17-19(28-18)20(23-13-22-17)25-8-6-24(7-9-25)16-5-10-29(26,27)12-16/h1-4,11,13,16H,5-10,12H2/t16-/m1/s1. The van der Waals surface area contributed by atoms with Gasteiger partial charge < -0.3 is 4.90 Å². The average Bonchev–Trinajstić information content (AvgIpc) is 3.31. The molecule has 9 heteroatoms. The maximum atomic E-state index is 13.2. The van der Waals surface area contributed by atoms with Crippen molar-refractivity contribution in [1.29, 1.82) is 0 Å². The zero-order valence-corrected chi connectivity index (χ0v) is 17.4. The van der Waals surface area contributed by atoms with E-state index in [1.807, 2.05) is 6.07 Å². The van der Waals surface area contributed by atoms with Gasteiger partial charge in [0.2, 0.25) is 0 Å². The van der Waals surface area contributed by atoms with E-state index >= 15 is 0 Å². The maximum Gasteiger partial charge on any atom is 0.151 e. The molecule has 2 aromatic heterocycles. The maximum absolute atomic E-state index is 13.2. The fourth-order valence-electron chi connectivity index (χ4n) is 4.19. The van der Waals surface area contributed by atoms with Crippen LogP contribution in [0.4, 0.5) is 10.2 Å². The first-order valence-corrected chi connectivity index (χ1v) is 12.3. The summed E-state index contributed by atoms with van der Waals surface area (Å²) in [6.07, 6.45) is 2.33. The minimum atomic E-state index is -2.86. The second kappa shape index (κ2) is 7.30. The number of aromatic nitrogens is 2. The van der Waals surface area contributed by atoms with E-state index in [2.05, 4.69) is 19.8 Å². The summed E-state index contributed by atoms with van der Waals surface area (Å²) in [6.45, 7) is 3.29. The number of fused-ring (bicyclic) bond motifs is 1. The summed E-state index contributed by atoms with van der Waals surface area (Å²) in [6, 6.07) is 8.67. The topological polar surface area (TPSA) is 66.4 Å². The lowest BCUT2D eigenvalue weighted by Crippen LogP contribution is -2.51. The summed E-state index contributed by atoms with van der Waals surface area (Å²) in [5, 5.41) is 0. The Kier molecular flexibility index (Phi) is 4.76. The molecule has 0 N–H and O–H groups in total. The molecule has 0 saturated carbocycles. The van der Waals surface area contributed by atoms with Crippen molar-refractivity contribution in [2.45, 2.75) is 12.5 Å². The largest absolute Gasteiger partial charge is 0.353 e. The van der Waals surface area contributed by atoms with Crippen molar-refractivity contribution in [3.8, 4) is 10.4 Å². The van der Waals surface area contributed by atoms with Crippen molar-refractivity contribution >= 4 is 37.2 Å². The van der Waals surface area contributed by atoms with Gasteiger partial charge in [0, 0.05) is 37.1 Å². The smallest absolute Gasteiger partial charge is 0.151 e. The third-order valence-corrected chi connectivity index (χ3v) is 8.68. The van der Waals surface area contributed by atoms with E-state index in [1.165, 1.54) is 12.1 Å². The van der Waals surface area contributed by atoms with E-state index in [9.17, 15) is 12.8 Å². The van der Waals surface area contributed by atoms with Crippen molar-refractivity contribution < 1.29 is 12.8 Å². The van der Waals surface area contributed by atoms with E-state index in [1.54, 1.807) is 29.8 Å². The van der Waals surface area contributed by atoms with Crippen molar-refractivity contribution in [3.63, 3.8) is 0 Å². The molecular weight excluding hydrogens is 411 g/mol. The minimum Gasteiger partial charge on any atom is -0.353 e. The molecule has 0 amide bonds. The Morgan fingerprint density at radius 2 is 1.83 bits per heavy atom. The number of halogens is 1. The second-order valence-corrected chi connectivity index (χ2v) is 10.9. The fourth-order valence-corrected chi connectivity index (χ4v) is 7.08. The van der Waals surface area contributed by atoms with Gasteiger partial charge in [-0.05, 0) is 30.2 Å². The molecule has 2 aliphatic heterocycles. The molecule has 0 radical (unpaired) electrons. The van der Waals surface area contributed by atoms with Crippen LogP contribution in [0.15, 0.2) is 36.7 Å². The highest BCUT2D eigenvalue weighted by atomic mass is 32.2. The first kappa shape index (κ1) is 18.9. The Morgan fingerprint density at radius 3 is 2.52 bits per heavy atom. The van der Waals surface area contributed by atoms with Crippen LogP contribution in [0.5, 0.6) is 0 Å². The Labute approximate surface area is 172 Å².